The molecule has 1 saturated heterocycles. The Bertz CT molecular complexity index is 1400. The first kappa shape index (κ1) is 29.0. The van der Waals surface area contributed by atoms with E-state index in [0.29, 0.717) is 22.9 Å². The second kappa shape index (κ2) is 12.9. The van der Waals surface area contributed by atoms with Crippen molar-refractivity contribution in [3.05, 3.63) is 78.1 Å². The number of primary amides is 1. The molecule has 1 fully saturated rings. The zero-order chi connectivity index (χ0) is 29.5. The van der Waals surface area contributed by atoms with E-state index in [0.717, 1.165) is 5.56 Å². The second-order valence-electron chi connectivity index (χ2n) is 9.76. The summed E-state index contributed by atoms with van der Waals surface area (Å²) in [6.07, 6.45) is 2.03. The van der Waals surface area contributed by atoms with E-state index in [4.69, 9.17) is 15.2 Å². The van der Waals surface area contributed by atoms with Crippen molar-refractivity contribution in [2.24, 2.45) is 12.8 Å². The molecule has 1 aliphatic heterocycles. The highest BCUT2D eigenvalue weighted by Gasteiger charge is 2.42. The summed E-state index contributed by atoms with van der Waals surface area (Å²) in [7, 11) is 4.81. The van der Waals surface area contributed by atoms with Gasteiger partial charge in [-0.25, -0.2) is 4.79 Å². The fourth-order valence-electron chi connectivity index (χ4n) is 4.79. The summed E-state index contributed by atoms with van der Waals surface area (Å²) >= 11 is 0. The highest BCUT2D eigenvalue weighted by Crippen LogP contribution is 2.23. The molecule has 4 rings (SSSR count). The number of ether oxygens (including phenoxy) is 2. The molecule has 216 valence electrons. The van der Waals surface area contributed by atoms with Crippen molar-refractivity contribution >= 4 is 29.4 Å². The van der Waals surface area contributed by atoms with Gasteiger partial charge < -0.3 is 40.6 Å². The van der Waals surface area contributed by atoms with E-state index in [-0.39, 0.29) is 25.3 Å². The van der Waals surface area contributed by atoms with Crippen LogP contribution in [-0.4, -0.2) is 72.1 Å². The van der Waals surface area contributed by atoms with Crippen LogP contribution in [0, 0.1) is 0 Å². The number of amides is 5. The minimum Gasteiger partial charge on any atom is -0.497 e. The van der Waals surface area contributed by atoms with E-state index in [2.05, 4.69) is 16.0 Å². The maximum atomic E-state index is 13.5. The Morgan fingerprint density at radius 3 is 2.37 bits per heavy atom. The lowest BCUT2D eigenvalue weighted by atomic mass is 10.0. The van der Waals surface area contributed by atoms with Crippen LogP contribution in [-0.2, 0) is 23.1 Å². The maximum Gasteiger partial charge on any atom is 0.319 e. The van der Waals surface area contributed by atoms with Gasteiger partial charge in [0.15, 0.2) is 0 Å². The van der Waals surface area contributed by atoms with Gasteiger partial charge in [-0.2, -0.15) is 0 Å². The summed E-state index contributed by atoms with van der Waals surface area (Å²) in [6, 6.07) is 14.3. The first-order valence-electron chi connectivity index (χ1n) is 13.0. The van der Waals surface area contributed by atoms with Gasteiger partial charge in [0.25, 0.3) is 5.91 Å². The number of hydrogen-bond donors (Lipinski definition) is 4. The van der Waals surface area contributed by atoms with Crippen molar-refractivity contribution in [2.45, 2.75) is 31.0 Å². The standard InChI is InChI=1S/C29H34N6O6/c1-34-13-5-8-24(34)28(38)35-17-20(32-29(39)31-19-6-4-7-22(15-19)41-3)16-25(35)27(37)33-23(26(30)36)14-18-9-11-21(40-2)12-10-18/h4-13,15,20,23,25H,14,16-17H2,1-3H3,(H2,30,36)(H,33,37)(H2,31,32,39). The smallest absolute Gasteiger partial charge is 0.319 e. The molecule has 3 unspecified atom stereocenters. The number of hydrogen-bond acceptors (Lipinski definition) is 6. The fourth-order valence-corrected chi connectivity index (χ4v) is 4.79. The molecule has 2 heterocycles. The third kappa shape index (κ3) is 7.15. The molecular formula is C29H34N6O6. The normalized spacial score (nSPS) is 16.9. The largest absolute Gasteiger partial charge is 0.497 e. The Morgan fingerprint density at radius 1 is 1.00 bits per heavy atom. The van der Waals surface area contributed by atoms with Crippen molar-refractivity contribution in [2.75, 3.05) is 26.1 Å². The Morgan fingerprint density at radius 2 is 1.73 bits per heavy atom. The summed E-state index contributed by atoms with van der Waals surface area (Å²) < 4.78 is 12.0. The van der Waals surface area contributed by atoms with Crippen LogP contribution in [0.15, 0.2) is 66.9 Å². The molecule has 12 nitrogen and oxygen atoms in total. The molecule has 3 atom stereocenters. The molecule has 5 amide bonds. The van der Waals surface area contributed by atoms with Crippen LogP contribution in [0.3, 0.4) is 0 Å². The number of benzene rings is 2. The summed E-state index contributed by atoms with van der Waals surface area (Å²) in [4.78, 5) is 53.5. The predicted octanol–water partition coefficient (Wildman–Crippen LogP) is 1.66. The highest BCUT2D eigenvalue weighted by molar-refractivity contribution is 5.98. The average molecular weight is 563 g/mol. The zero-order valence-electron chi connectivity index (χ0n) is 23.1. The average Bonchev–Trinajstić information content (AvgIpc) is 3.58. The number of aromatic nitrogens is 1. The molecular weight excluding hydrogens is 528 g/mol. The van der Waals surface area contributed by atoms with Gasteiger partial charge in [0.2, 0.25) is 11.8 Å². The molecule has 12 heteroatoms. The van der Waals surface area contributed by atoms with Gasteiger partial charge in [-0.3, -0.25) is 14.4 Å². The Labute approximate surface area is 237 Å². The minimum absolute atomic E-state index is 0.0906. The van der Waals surface area contributed by atoms with Crippen LogP contribution in [0.5, 0.6) is 11.5 Å². The van der Waals surface area contributed by atoms with Crippen LogP contribution < -0.4 is 31.2 Å². The summed E-state index contributed by atoms with van der Waals surface area (Å²) in [5, 5.41) is 8.31. The van der Waals surface area contributed by atoms with Crippen molar-refractivity contribution in [3.63, 3.8) is 0 Å². The number of rotatable bonds is 10. The molecule has 41 heavy (non-hydrogen) atoms. The van der Waals surface area contributed by atoms with E-state index in [1.54, 1.807) is 85.6 Å². The van der Waals surface area contributed by atoms with E-state index in [9.17, 15) is 19.2 Å². The number of nitrogens with one attached hydrogen (secondary N) is 3. The number of nitrogens with zero attached hydrogens (tertiary/aromatic N) is 2. The molecule has 0 spiro atoms. The van der Waals surface area contributed by atoms with Gasteiger partial charge >= 0.3 is 6.03 Å². The van der Waals surface area contributed by atoms with Gasteiger partial charge in [0, 0.05) is 38.0 Å². The first-order chi connectivity index (χ1) is 19.7. The lowest BCUT2D eigenvalue weighted by molar-refractivity contribution is -0.129. The number of methoxy groups -OCH3 is 2. The molecule has 0 radical (unpaired) electrons. The number of nitrogens with two attached hydrogens (primary N) is 1. The van der Waals surface area contributed by atoms with Gasteiger partial charge in [-0.1, -0.05) is 18.2 Å². The van der Waals surface area contributed by atoms with Gasteiger partial charge in [0.1, 0.15) is 29.3 Å². The van der Waals surface area contributed by atoms with E-state index in [1.807, 2.05) is 0 Å². The maximum absolute atomic E-state index is 13.5. The lowest BCUT2D eigenvalue weighted by Gasteiger charge is -2.26. The monoisotopic (exact) mass is 562 g/mol. The van der Waals surface area contributed by atoms with Crippen molar-refractivity contribution < 1.29 is 28.7 Å². The van der Waals surface area contributed by atoms with Crippen LogP contribution in [0.25, 0.3) is 0 Å². The first-order valence-corrected chi connectivity index (χ1v) is 13.0. The Balaban J connectivity index is 1.49. The van der Waals surface area contributed by atoms with Crippen LogP contribution in [0.1, 0.15) is 22.5 Å². The van der Waals surface area contributed by atoms with Gasteiger partial charge in [-0.05, 0) is 48.4 Å². The van der Waals surface area contributed by atoms with Crippen LogP contribution >= 0.6 is 0 Å². The van der Waals surface area contributed by atoms with Crippen LogP contribution in [0.4, 0.5) is 10.5 Å². The lowest BCUT2D eigenvalue weighted by Crippen LogP contribution is -2.53. The topological polar surface area (TPSA) is 157 Å². The molecule has 3 aromatic rings. The quantitative estimate of drug-likeness (QED) is 0.294. The number of carbonyl (C=O) groups is 4. The molecule has 2 aromatic carbocycles. The van der Waals surface area contributed by atoms with Crippen LogP contribution in [0.2, 0.25) is 0 Å². The SMILES string of the molecule is COc1ccc(CC(NC(=O)C2CC(NC(=O)Nc3cccc(OC)c3)CN2C(=O)c2cccn2C)C(N)=O)cc1. The number of carbonyl (C=O) groups excluding carboxylic acids is 4. The minimum atomic E-state index is -1.01. The van der Waals surface area contributed by atoms with Gasteiger partial charge in [0.05, 0.1) is 20.3 Å². The fraction of sp³-hybridized carbons (Fsp3) is 0.310. The van der Waals surface area contributed by atoms with Crippen molar-refractivity contribution in [3.8, 4) is 11.5 Å². The number of likely N-dealkylation sites (tertiary alicyclic amines) is 1. The van der Waals surface area contributed by atoms with Crippen molar-refractivity contribution in [1.29, 1.82) is 0 Å². The Kier molecular flexibility index (Phi) is 9.12. The third-order valence-corrected chi connectivity index (χ3v) is 6.95. The number of urea groups is 1. The van der Waals surface area contributed by atoms with Crippen molar-refractivity contribution in [1.82, 2.24) is 20.1 Å². The number of aryl methyl sites for hydroxylation is 1. The summed E-state index contributed by atoms with van der Waals surface area (Å²) in [5.74, 6) is -0.385. The van der Waals surface area contributed by atoms with Gasteiger partial charge in [-0.15, -0.1) is 0 Å². The summed E-state index contributed by atoms with van der Waals surface area (Å²) in [6.45, 7) is 0.0906. The molecule has 1 aromatic heterocycles. The second-order valence-corrected chi connectivity index (χ2v) is 9.76. The third-order valence-electron chi connectivity index (χ3n) is 6.95. The molecule has 0 bridgehead atoms. The number of anilines is 1. The van der Waals surface area contributed by atoms with E-state index >= 15 is 0 Å². The van der Waals surface area contributed by atoms with E-state index < -0.39 is 36.0 Å². The van der Waals surface area contributed by atoms with E-state index in [1.165, 1.54) is 12.0 Å². The molecule has 0 saturated carbocycles. The molecule has 5 N–H and O–H groups in total. The zero-order valence-corrected chi connectivity index (χ0v) is 23.1. The highest BCUT2D eigenvalue weighted by atomic mass is 16.5. The molecule has 1 aliphatic rings. The Hall–Kier alpha value is -5.00. The predicted molar refractivity (Wildman–Crippen MR) is 152 cm³/mol. The molecule has 0 aliphatic carbocycles. The summed E-state index contributed by atoms with van der Waals surface area (Å²) in [5.41, 5.74) is 7.31.